The summed E-state index contributed by atoms with van der Waals surface area (Å²) < 4.78 is 8.51. The number of H-pyrrole nitrogens is 1. The Bertz CT molecular complexity index is 2730. The Morgan fingerprint density at radius 2 is 1.28 bits per heavy atom. The zero-order valence-corrected chi connectivity index (χ0v) is 22.9. The minimum absolute atomic E-state index is 0.635. The summed E-state index contributed by atoms with van der Waals surface area (Å²) >= 11 is 0. The van der Waals surface area contributed by atoms with Crippen molar-refractivity contribution in [2.45, 2.75) is 0 Å². The zero-order chi connectivity index (χ0) is 28.1. The van der Waals surface area contributed by atoms with Crippen LogP contribution >= 0.6 is 0 Å². The number of hydrogen-bond acceptors (Lipinski definition) is 3. The largest absolute Gasteiger partial charge is 0.456 e. The first-order valence-corrected chi connectivity index (χ1v) is 14.4. The molecule has 5 nitrogen and oxygen atoms in total. The predicted octanol–water partition coefficient (Wildman–Crippen LogP) is 9.93. The Hall–Kier alpha value is -5.94. The maximum absolute atomic E-state index is 6.28. The van der Waals surface area contributed by atoms with Gasteiger partial charge in [0.25, 0.3) is 0 Å². The first-order chi connectivity index (χ1) is 21.3. The van der Waals surface area contributed by atoms with Crippen LogP contribution in [0.4, 0.5) is 0 Å². The van der Waals surface area contributed by atoms with Gasteiger partial charge in [-0.15, -0.1) is 0 Å². The molecule has 0 aliphatic rings. The van der Waals surface area contributed by atoms with Gasteiger partial charge in [-0.25, -0.2) is 9.97 Å². The van der Waals surface area contributed by atoms with E-state index in [1.807, 2.05) is 24.3 Å². The molecule has 0 unspecified atom stereocenters. The van der Waals surface area contributed by atoms with E-state index in [1.165, 1.54) is 16.2 Å². The summed E-state index contributed by atoms with van der Waals surface area (Å²) in [5, 5.41) is 7.81. The lowest BCUT2D eigenvalue weighted by Crippen LogP contribution is -2.04. The van der Waals surface area contributed by atoms with E-state index in [0.717, 1.165) is 71.6 Å². The van der Waals surface area contributed by atoms with E-state index >= 15 is 0 Å². The molecule has 0 atom stereocenters. The third-order valence-corrected chi connectivity index (χ3v) is 8.75. The summed E-state index contributed by atoms with van der Waals surface area (Å²) in [5.74, 6) is 0.635. The van der Waals surface area contributed by atoms with Crippen LogP contribution in [0.15, 0.2) is 132 Å². The molecule has 10 aromatic rings. The van der Waals surface area contributed by atoms with Crippen molar-refractivity contribution in [2.75, 3.05) is 0 Å². The summed E-state index contributed by atoms with van der Waals surface area (Å²) in [6, 6.07) is 44.1. The third-order valence-electron chi connectivity index (χ3n) is 8.75. The molecule has 0 saturated heterocycles. The van der Waals surface area contributed by atoms with Crippen molar-refractivity contribution in [3.8, 4) is 17.2 Å². The second-order valence-corrected chi connectivity index (χ2v) is 11.1. The van der Waals surface area contributed by atoms with Crippen molar-refractivity contribution in [2.24, 2.45) is 0 Å². The van der Waals surface area contributed by atoms with Crippen molar-refractivity contribution in [3.05, 3.63) is 127 Å². The van der Waals surface area contributed by atoms with Crippen LogP contribution in [0.25, 0.3) is 93.7 Å². The van der Waals surface area contributed by atoms with Crippen molar-refractivity contribution < 1.29 is 4.42 Å². The van der Waals surface area contributed by atoms with Crippen LogP contribution in [-0.4, -0.2) is 19.5 Å². The van der Waals surface area contributed by atoms with Gasteiger partial charge in [0.05, 0.1) is 27.8 Å². The quantitative estimate of drug-likeness (QED) is 0.233. The smallest absolute Gasteiger partial charge is 0.235 e. The monoisotopic (exact) mass is 550 g/mol. The van der Waals surface area contributed by atoms with Crippen molar-refractivity contribution in [1.82, 2.24) is 19.5 Å². The van der Waals surface area contributed by atoms with E-state index in [2.05, 4.69) is 113 Å². The number of hydrogen-bond donors (Lipinski definition) is 1. The van der Waals surface area contributed by atoms with Gasteiger partial charge in [-0.2, -0.15) is 0 Å². The Labute approximate surface area is 244 Å². The molecule has 4 aromatic heterocycles. The number of para-hydroxylation sites is 3. The van der Waals surface area contributed by atoms with E-state index in [9.17, 15) is 0 Å². The summed E-state index contributed by atoms with van der Waals surface area (Å²) in [6.07, 6.45) is 0. The van der Waals surface area contributed by atoms with Gasteiger partial charge in [0.2, 0.25) is 5.95 Å². The van der Waals surface area contributed by atoms with E-state index in [0.29, 0.717) is 5.95 Å². The van der Waals surface area contributed by atoms with E-state index < -0.39 is 0 Å². The molecule has 0 aliphatic heterocycles. The van der Waals surface area contributed by atoms with Gasteiger partial charge in [-0.05, 0) is 30.3 Å². The number of fused-ring (bicyclic) bond motifs is 12. The molecule has 6 aromatic carbocycles. The lowest BCUT2D eigenvalue weighted by molar-refractivity contribution is 0.669. The van der Waals surface area contributed by atoms with E-state index in [1.54, 1.807) is 0 Å². The first-order valence-electron chi connectivity index (χ1n) is 14.4. The van der Waals surface area contributed by atoms with Gasteiger partial charge in [0, 0.05) is 48.8 Å². The lowest BCUT2D eigenvalue weighted by atomic mass is 10.0. The maximum Gasteiger partial charge on any atom is 0.235 e. The highest BCUT2D eigenvalue weighted by molar-refractivity contribution is 6.24. The Morgan fingerprint density at radius 3 is 2.19 bits per heavy atom. The second-order valence-electron chi connectivity index (χ2n) is 11.1. The molecule has 0 saturated carbocycles. The number of furan rings is 1. The van der Waals surface area contributed by atoms with Crippen LogP contribution in [0.3, 0.4) is 0 Å². The fraction of sp³-hybridized carbons (Fsp3) is 0. The highest BCUT2D eigenvalue weighted by Gasteiger charge is 2.22. The molecule has 4 heterocycles. The highest BCUT2D eigenvalue weighted by atomic mass is 16.3. The molecule has 0 amide bonds. The molecule has 0 fully saturated rings. The van der Waals surface area contributed by atoms with Gasteiger partial charge in [-0.1, -0.05) is 97.1 Å². The molecule has 0 radical (unpaired) electrons. The first kappa shape index (κ1) is 22.7. The number of aromatic nitrogens is 4. The molecule has 1 N–H and O–H groups in total. The minimum atomic E-state index is 0.635. The van der Waals surface area contributed by atoms with E-state index in [4.69, 9.17) is 14.4 Å². The molecule has 0 aliphatic carbocycles. The number of rotatable bonds is 2. The normalized spacial score (nSPS) is 12.2. The summed E-state index contributed by atoms with van der Waals surface area (Å²) in [7, 11) is 0. The van der Waals surface area contributed by atoms with Crippen LogP contribution in [0.2, 0.25) is 0 Å². The molecule has 200 valence electrons. The fourth-order valence-electron chi connectivity index (χ4n) is 6.91. The van der Waals surface area contributed by atoms with Gasteiger partial charge >= 0.3 is 0 Å². The standard InChI is InChI=1S/C38H22N4O/c1-2-10-22(11-3-1)35-34-29(20-21-32-33(34)27-14-6-9-17-31(27)43-32)40-38(41-35)42-30-16-8-5-13-24(30)26-19-18-25-23-12-4-7-15-28(23)39-36(25)37(26)42/h1-21,39H. The molecule has 43 heavy (non-hydrogen) atoms. The summed E-state index contributed by atoms with van der Waals surface area (Å²) in [5.41, 5.74) is 8.81. The summed E-state index contributed by atoms with van der Waals surface area (Å²) in [4.78, 5) is 14.4. The Morgan fingerprint density at radius 1 is 0.535 bits per heavy atom. The molecule has 0 bridgehead atoms. The average molecular weight is 551 g/mol. The van der Waals surface area contributed by atoms with Gasteiger partial charge in [0.15, 0.2) is 0 Å². The molecular weight excluding hydrogens is 528 g/mol. The number of nitrogens with zero attached hydrogens (tertiary/aromatic N) is 3. The highest BCUT2D eigenvalue weighted by Crippen LogP contribution is 2.41. The van der Waals surface area contributed by atoms with Crippen LogP contribution in [0.1, 0.15) is 0 Å². The minimum Gasteiger partial charge on any atom is -0.456 e. The predicted molar refractivity (Wildman–Crippen MR) is 176 cm³/mol. The Balaban J connectivity index is 1.40. The van der Waals surface area contributed by atoms with Crippen LogP contribution < -0.4 is 0 Å². The van der Waals surface area contributed by atoms with Crippen LogP contribution in [0, 0.1) is 0 Å². The van der Waals surface area contributed by atoms with Gasteiger partial charge in [-0.3, -0.25) is 4.57 Å². The molecular formula is C38H22N4O. The molecule has 5 heteroatoms. The topological polar surface area (TPSA) is 59.6 Å². The third kappa shape index (κ3) is 3.05. The van der Waals surface area contributed by atoms with Crippen LogP contribution in [-0.2, 0) is 0 Å². The van der Waals surface area contributed by atoms with Gasteiger partial charge in [0.1, 0.15) is 11.2 Å². The van der Waals surface area contributed by atoms with Crippen molar-refractivity contribution >= 4 is 76.5 Å². The number of aromatic amines is 1. The van der Waals surface area contributed by atoms with Crippen molar-refractivity contribution in [1.29, 1.82) is 0 Å². The average Bonchev–Trinajstić information content (AvgIpc) is 3.74. The van der Waals surface area contributed by atoms with Crippen LogP contribution in [0.5, 0.6) is 0 Å². The maximum atomic E-state index is 6.28. The summed E-state index contributed by atoms with van der Waals surface area (Å²) in [6.45, 7) is 0. The van der Waals surface area contributed by atoms with E-state index in [-0.39, 0.29) is 0 Å². The molecule has 10 rings (SSSR count). The fourth-order valence-corrected chi connectivity index (χ4v) is 6.91. The second kappa shape index (κ2) is 8.30. The number of benzene rings is 6. The van der Waals surface area contributed by atoms with Crippen molar-refractivity contribution in [3.63, 3.8) is 0 Å². The lowest BCUT2D eigenvalue weighted by Gasteiger charge is -2.13. The van der Waals surface area contributed by atoms with Gasteiger partial charge < -0.3 is 9.40 Å². The SMILES string of the molecule is c1ccc(-c2nc(-n3c4ccccc4c4ccc5c6ccccc6[nH]c5c43)nc3ccc4oc5ccccc5c4c23)cc1. The zero-order valence-electron chi connectivity index (χ0n) is 22.9. The number of nitrogens with one attached hydrogen (secondary N) is 1. The Kier molecular flexibility index (Phi) is 4.39. The molecule has 0 spiro atoms.